The van der Waals surface area contributed by atoms with Gasteiger partial charge in [-0.2, -0.15) is 0 Å². The summed E-state index contributed by atoms with van der Waals surface area (Å²) in [6, 6.07) is 79.6. The molecule has 260 valence electrons. The van der Waals surface area contributed by atoms with Crippen LogP contribution in [0.1, 0.15) is 23.6 Å². The minimum Gasteiger partial charge on any atom is -0.310 e. The van der Waals surface area contributed by atoms with E-state index in [9.17, 15) is 0 Å². The third kappa shape index (κ3) is 5.47. The monoisotopic (exact) mass is 701 g/mol. The molecule has 0 heterocycles. The van der Waals surface area contributed by atoms with Crippen molar-refractivity contribution in [3.8, 4) is 44.5 Å². The minimum atomic E-state index is -0.237. The summed E-state index contributed by atoms with van der Waals surface area (Å²) in [5, 5.41) is 2.48. The van der Waals surface area contributed by atoms with E-state index in [2.05, 4.69) is 230 Å². The molecule has 9 aromatic carbocycles. The lowest BCUT2D eigenvalue weighted by atomic mass is 9.74. The molecule has 0 amide bonds. The molecule has 0 spiro atoms. The molecule has 1 aliphatic rings. The summed E-state index contributed by atoms with van der Waals surface area (Å²) >= 11 is 0. The Kier molecular flexibility index (Phi) is 8.00. The highest BCUT2D eigenvalue weighted by Crippen LogP contribution is 2.53. The fourth-order valence-corrected chi connectivity index (χ4v) is 8.88. The quantitative estimate of drug-likeness (QED) is 0.160. The molecule has 0 N–H and O–H groups in total. The Morgan fingerprint density at radius 1 is 0.345 bits per heavy atom. The maximum atomic E-state index is 2.42. The zero-order chi connectivity index (χ0) is 36.8. The van der Waals surface area contributed by atoms with Crippen LogP contribution in [0.4, 0.5) is 17.1 Å². The SMILES string of the molecule is CC1(c2ccccc2)c2ccccc2-c2ccc(-c3ccc(N(c4ccccc4)c4ccccc4-c4cccc5cccc(-c6ccccc6)c45)cc3)cc21. The van der Waals surface area contributed by atoms with E-state index in [0.29, 0.717) is 0 Å². The van der Waals surface area contributed by atoms with E-state index in [0.717, 1.165) is 17.1 Å². The van der Waals surface area contributed by atoms with Crippen molar-refractivity contribution >= 4 is 27.8 Å². The number of rotatable bonds is 7. The molecule has 1 unspecified atom stereocenters. The number of hydrogen-bond donors (Lipinski definition) is 0. The molecule has 55 heavy (non-hydrogen) atoms. The average molecular weight is 702 g/mol. The smallest absolute Gasteiger partial charge is 0.0540 e. The molecule has 0 saturated carbocycles. The van der Waals surface area contributed by atoms with E-state index in [1.165, 1.54) is 72.0 Å². The maximum Gasteiger partial charge on any atom is 0.0540 e. The Balaban J connectivity index is 1.09. The minimum absolute atomic E-state index is 0.237. The number of para-hydroxylation sites is 2. The van der Waals surface area contributed by atoms with Gasteiger partial charge < -0.3 is 4.90 Å². The summed E-state index contributed by atoms with van der Waals surface area (Å²) in [5.41, 5.74) is 17.0. The summed E-state index contributed by atoms with van der Waals surface area (Å²) in [7, 11) is 0. The van der Waals surface area contributed by atoms with Crippen LogP contribution in [0, 0.1) is 0 Å². The highest BCUT2D eigenvalue weighted by molar-refractivity contribution is 6.08. The molecular formula is C54H39N. The van der Waals surface area contributed by atoms with E-state index in [1.807, 2.05) is 0 Å². The molecule has 1 nitrogen and oxygen atoms in total. The summed E-state index contributed by atoms with van der Waals surface area (Å²) in [6.45, 7) is 2.38. The summed E-state index contributed by atoms with van der Waals surface area (Å²) in [6.07, 6.45) is 0. The zero-order valence-corrected chi connectivity index (χ0v) is 30.7. The second-order valence-electron chi connectivity index (χ2n) is 14.6. The second kappa shape index (κ2) is 13.5. The van der Waals surface area contributed by atoms with Gasteiger partial charge in [0.05, 0.1) is 5.69 Å². The van der Waals surface area contributed by atoms with E-state index in [1.54, 1.807) is 0 Å². The molecule has 9 aromatic rings. The van der Waals surface area contributed by atoms with Gasteiger partial charge in [-0.1, -0.05) is 182 Å². The third-order valence-corrected chi connectivity index (χ3v) is 11.6. The molecule has 0 bridgehead atoms. The lowest BCUT2D eigenvalue weighted by Gasteiger charge is -2.29. The largest absolute Gasteiger partial charge is 0.310 e. The molecule has 0 fully saturated rings. The summed E-state index contributed by atoms with van der Waals surface area (Å²) in [5.74, 6) is 0. The fraction of sp³-hybridized carbons (Fsp3) is 0.0370. The third-order valence-electron chi connectivity index (χ3n) is 11.6. The molecule has 1 heteroatoms. The van der Waals surface area contributed by atoms with Crippen molar-refractivity contribution in [2.24, 2.45) is 0 Å². The van der Waals surface area contributed by atoms with Crippen molar-refractivity contribution in [1.82, 2.24) is 0 Å². The van der Waals surface area contributed by atoms with Gasteiger partial charge in [-0.15, -0.1) is 0 Å². The fourth-order valence-electron chi connectivity index (χ4n) is 8.88. The Bertz CT molecular complexity index is 2800. The van der Waals surface area contributed by atoms with E-state index in [4.69, 9.17) is 0 Å². The van der Waals surface area contributed by atoms with Gasteiger partial charge >= 0.3 is 0 Å². The number of hydrogen-bond acceptors (Lipinski definition) is 1. The molecule has 1 atom stereocenters. The van der Waals surface area contributed by atoms with Gasteiger partial charge in [-0.3, -0.25) is 0 Å². The van der Waals surface area contributed by atoms with E-state index >= 15 is 0 Å². The molecule has 1 aliphatic carbocycles. The normalized spacial score (nSPS) is 14.3. The van der Waals surface area contributed by atoms with Crippen molar-refractivity contribution < 1.29 is 0 Å². The number of anilines is 3. The van der Waals surface area contributed by atoms with Gasteiger partial charge in [-0.05, 0) is 110 Å². The van der Waals surface area contributed by atoms with Crippen LogP contribution >= 0.6 is 0 Å². The summed E-state index contributed by atoms with van der Waals surface area (Å²) in [4.78, 5) is 2.40. The van der Waals surface area contributed by atoms with Crippen molar-refractivity contribution in [2.45, 2.75) is 12.3 Å². The van der Waals surface area contributed by atoms with Gasteiger partial charge in [0.2, 0.25) is 0 Å². The lowest BCUT2D eigenvalue weighted by molar-refractivity contribution is 0.714. The van der Waals surface area contributed by atoms with Crippen LogP contribution in [0.15, 0.2) is 218 Å². The number of fused-ring (bicyclic) bond motifs is 4. The van der Waals surface area contributed by atoms with Gasteiger partial charge in [0.15, 0.2) is 0 Å². The molecule has 0 saturated heterocycles. The van der Waals surface area contributed by atoms with Crippen LogP contribution < -0.4 is 4.90 Å². The highest BCUT2D eigenvalue weighted by Gasteiger charge is 2.40. The summed E-state index contributed by atoms with van der Waals surface area (Å²) < 4.78 is 0. The average Bonchev–Trinajstić information content (AvgIpc) is 3.53. The van der Waals surface area contributed by atoms with E-state index in [-0.39, 0.29) is 5.41 Å². The molecule has 0 radical (unpaired) electrons. The Labute approximate surface area is 323 Å². The first kappa shape index (κ1) is 32.7. The molecule has 0 aromatic heterocycles. The van der Waals surface area contributed by atoms with Crippen LogP contribution in [-0.4, -0.2) is 0 Å². The zero-order valence-electron chi connectivity index (χ0n) is 30.7. The predicted molar refractivity (Wildman–Crippen MR) is 232 cm³/mol. The molecule has 10 rings (SSSR count). The number of nitrogens with zero attached hydrogens (tertiary/aromatic N) is 1. The first-order chi connectivity index (χ1) is 27.2. The van der Waals surface area contributed by atoms with Crippen LogP contribution in [0.2, 0.25) is 0 Å². The maximum absolute atomic E-state index is 2.42. The van der Waals surface area contributed by atoms with Crippen molar-refractivity contribution in [1.29, 1.82) is 0 Å². The van der Waals surface area contributed by atoms with Crippen LogP contribution in [0.25, 0.3) is 55.3 Å². The van der Waals surface area contributed by atoms with Crippen LogP contribution in [0.3, 0.4) is 0 Å². The Morgan fingerprint density at radius 3 is 1.64 bits per heavy atom. The van der Waals surface area contributed by atoms with Gasteiger partial charge in [0.1, 0.15) is 0 Å². The van der Waals surface area contributed by atoms with Crippen LogP contribution in [-0.2, 0) is 5.41 Å². The first-order valence-corrected chi connectivity index (χ1v) is 19.1. The van der Waals surface area contributed by atoms with E-state index < -0.39 is 0 Å². The standard InChI is InChI=1S/C54H39N/c1-54(42-21-7-3-8-22-42)50-29-13-11-25-46(50)47-36-33-41(37-51(47)54)38-31-34-44(35-32-38)55(43-23-9-4-10-24-43)52-30-14-12-26-48(52)49-28-16-20-40-19-15-27-45(53(40)49)39-17-5-2-6-18-39/h2-37H,1H3. The highest BCUT2D eigenvalue weighted by atomic mass is 15.1. The van der Waals surface area contributed by atoms with Crippen molar-refractivity contribution in [3.05, 3.63) is 235 Å². The van der Waals surface area contributed by atoms with Crippen molar-refractivity contribution in [3.63, 3.8) is 0 Å². The van der Waals surface area contributed by atoms with Crippen LogP contribution in [0.5, 0.6) is 0 Å². The van der Waals surface area contributed by atoms with Gasteiger partial charge in [-0.25, -0.2) is 0 Å². The Hall–Kier alpha value is -6.96. The first-order valence-electron chi connectivity index (χ1n) is 19.1. The second-order valence-corrected chi connectivity index (χ2v) is 14.6. The lowest BCUT2D eigenvalue weighted by Crippen LogP contribution is -2.22. The van der Waals surface area contributed by atoms with Gasteiger partial charge in [0.25, 0.3) is 0 Å². The topological polar surface area (TPSA) is 3.24 Å². The Morgan fingerprint density at radius 2 is 0.891 bits per heavy atom. The predicted octanol–water partition coefficient (Wildman–Crippen LogP) is 14.6. The number of benzene rings is 9. The van der Waals surface area contributed by atoms with Crippen molar-refractivity contribution in [2.75, 3.05) is 4.90 Å². The van der Waals surface area contributed by atoms with Gasteiger partial charge in [0, 0.05) is 22.4 Å². The molecular weight excluding hydrogens is 663 g/mol. The molecule has 0 aliphatic heterocycles.